The van der Waals surface area contributed by atoms with Gasteiger partial charge in [-0.05, 0) is 48.9 Å². The number of H-pyrrole nitrogens is 1. The number of aromatic amines is 1. The van der Waals surface area contributed by atoms with Crippen LogP contribution in [0, 0.1) is 6.92 Å². The van der Waals surface area contributed by atoms with Gasteiger partial charge in [-0.2, -0.15) is 0 Å². The summed E-state index contributed by atoms with van der Waals surface area (Å²) in [7, 11) is -3.50. The second-order valence-electron chi connectivity index (χ2n) is 5.93. The number of sulfonamides is 1. The highest BCUT2D eigenvalue weighted by Crippen LogP contribution is 2.21. The molecule has 1 aromatic heterocycles. The van der Waals surface area contributed by atoms with E-state index in [9.17, 15) is 13.2 Å². The zero-order valence-electron chi connectivity index (χ0n) is 14.9. The van der Waals surface area contributed by atoms with Crippen molar-refractivity contribution < 1.29 is 13.2 Å². The van der Waals surface area contributed by atoms with Crippen molar-refractivity contribution in [3.05, 3.63) is 48.0 Å². The Bertz CT molecular complexity index is 1060. The lowest BCUT2D eigenvalue weighted by Gasteiger charge is -2.07. The molecular formula is C18H20N4O3S2. The monoisotopic (exact) mass is 404 g/mol. The van der Waals surface area contributed by atoms with Crippen LogP contribution in [0.3, 0.4) is 0 Å². The minimum absolute atomic E-state index is 0.161. The van der Waals surface area contributed by atoms with Crippen molar-refractivity contribution in [3.63, 3.8) is 0 Å². The van der Waals surface area contributed by atoms with Crippen LogP contribution in [-0.2, 0) is 14.8 Å². The zero-order chi connectivity index (χ0) is 19.4. The predicted molar refractivity (Wildman–Crippen MR) is 107 cm³/mol. The second-order valence-corrected chi connectivity index (χ2v) is 8.66. The van der Waals surface area contributed by atoms with E-state index in [2.05, 4.69) is 20.0 Å². The summed E-state index contributed by atoms with van der Waals surface area (Å²) in [5.41, 5.74) is 3.48. The Kier molecular flexibility index (Phi) is 5.83. The van der Waals surface area contributed by atoms with Gasteiger partial charge in [0.25, 0.3) is 0 Å². The van der Waals surface area contributed by atoms with Gasteiger partial charge in [-0.3, -0.25) is 4.79 Å². The van der Waals surface area contributed by atoms with Crippen LogP contribution in [-0.4, -0.2) is 36.6 Å². The van der Waals surface area contributed by atoms with E-state index in [1.807, 2.05) is 25.1 Å². The molecule has 3 N–H and O–H groups in total. The van der Waals surface area contributed by atoms with Crippen molar-refractivity contribution in [2.24, 2.45) is 0 Å². The molecule has 1 amide bonds. The van der Waals surface area contributed by atoms with Crippen LogP contribution in [0.25, 0.3) is 11.0 Å². The first-order chi connectivity index (χ1) is 12.9. The summed E-state index contributed by atoms with van der Waals surface area (Å²) < 4.78 is 26.2. The number of carbonyl (C=O) groups excluding carboxylic acids is 1. The molecule has 0 saturated heterocycles. The Hall–Kier alpha value is -2.36. The van der Waals surface area contributed by atoms with E-state index in [0.717, 1.165) is 16.6 Å². The molecule has 0 fully saturated rings. The number of thioether (sulfide) groups is 1. The fourth-order valence-corrected chi connectivity index (χ4v) is 4.22. The van der Waals surface area contributed by atoms with Gasteiger partial charge in [-0.25, -0.2) is 18.1 Å². The summed E-state index contributed by atoms with van der Waals surface area (Å²) in [6, 6.07) is 12.0. The molecule has 0 spiro atoms. The maximum atomic E-state index is 12.1. The standard InChI is InChI=1S/C18H20N4O3S2/c1-3-19-27(24,25)14-7-5-13(6-8-14)20-17(23)11-26-18-21-15-9-4-12(2)10-16(15)22-18/h4-10,19H,3,11H2,1-2H3,(H,20,23)(H,21,22). The van der Waals surface area contributed by atoms with Gasteiger partial charge in [0.15, 0.2) is 5.16 Å². The smallest absolute Gasteiger partial charge is 0.240 e. The molecule has 0 aliphatic heterocycles. The molecule has 7 nitrogen and oxygen atoms in total. The first-order valence-electron chi connectivity index (χ1n) is 8.36. The number of nitrogens with one attached hydrogen (secondary N) is 3. The first kappa shape index (κ1) is 19.4. The third kappa shape index (κ3) is 4.88. The number of hydrogen-bond acceptors (Lipinski definition) is 5. The molecule has 0 aliphatic rings. The number of aromatic nitrogens is 2. The fraction of sp³-hybridized carbons (Fsp3) is 0.222. The van der Waals surface area contributed by atoms with Gasteiger partial charge in [0.05, 0.1) is 21.7 Å². The Morgan fingerprint density at radius 3 is 2.63 bits per heavy atom. The minimum atomic E-state index is -3.50. The molecule has 0 atom stereocenters. The highest BCUT2D eigenvalue weighted by atomic mass is 32.2. The molecule has 3 rings (SSSR count). The van der Waals surface area contributed by atoms with Crippen molar-refractivity contribution in [3.8, 4) is 0 Å². The molecule has 9 heteroatoms. The molecule has 3 aromatic rings. The topological polar surface area (TPSA) is 104 Å². The van der Waals surface area contributed by atoms with Gasteiger partial charge in [0.2, 0.25) is 15.9 Å². The van der Waals surface area contributed by atoms with Crippen molar-refractivity contribution in [2.75, 3.05) is 17.6 Å². The van der Waals surface area contributed by atoms with Crippen LogP contribution in [0.4, 0.5) is 5.69 Å². The van der Waals surface area contributed by atoms with Crippen LogP contribution in [0.1, 0.15) is 12.5 Å². The lowest BCUT2D eigenvalue weighted by Crippen LogP contribution is -2.23. The number of hydrogen-bond donors (Lipinski definition) is 3. The molecule has 1 heterocycles. The van der Waals surface area contributed by atoms with Crippen molar-refractivity contribution in [2.45, 2.75) is 23.9 Å². The molecule has 27 heavy (non-hydrogen) atoms. The van der Waals surface area contributed by atoms with Crippen molar-refractivity contribution in [1.29, 1.82) is 0 Å². The van der Waals surface area contributed by atoms with E-state index in [-0.39, 0.29) is 16.6 Å². The van der Waals surface area contributed by atoms with Gasteiger partial charge >= 0.3 is 0 Å². The average Bonchev–Trinajstić information content (AvgIpc) is 3.02. The maximum absolute atomic E-state index is 12.1. The van der Waals surface area contributed by atoms with E-state index in [1.165, 1.54) is 23.9 Å². The normalized spacial score (nSPS) is 11.6. The second kappa shape index (κ2) is 8.12. The maximum Gasteiger partial charge on any atom is 0.240 e. The molecule has 0 unspecified atom stereocenters. The Morgan fingerprint density at radius 2 is 1.93 bits per heavy atom. The van der Waals surface area contributed by atoms with E-state index in [1.54, 1.807) is 19.1 Å². The number of aryl methyl sites for hydroxylation is 1. The largest absolute Gasteiger partial charge is 0.333 e. The molecule has 142 valence electrons. The summed E-state index contributed by atoms with van der Waals surface area (Å²) in [5.74, 6) is -0.00472. The molecule has 0 aliphatic carbocycles. The zero-order valence-corrected chi connectivity index (χ0v) is 16.6. The molecule has 2 aromatic carbocycles. The summed E-state index contributed by atoms with van der Waals surface area (Å²) in [6.45, 7) is 4.04. The minimum Gasteiger partial charge on any atom is -0.333 e. The predicted octanol–water partition coefficient (Wildman–Crippen LogP) is 2.90. The van der Waals surface area contributed by atoms with E-state index in [4.69, 9.17) is 0 Å². The molecular weight excluding hydrogens is 384 g/mol. The number of amides is 1. The first-order valence-corrected chi connectivity index (χ1v) is 10.8. The van der Waals surface area contributed by atoms with Crippen LogP contribution < -0.4 is 10.0 Å². The number of fused-ring (bicyclic) bond motifs is 1. The molecule has 0 saturated carbocycles. The third-order valence-electron chi connectivity index (χ3n) is 3.74. The van der Waals surface area contributed by atoms with Crippen LogP contribution in [0.2, 0.25) is 0 Å². The van der Waals surface area contributed by atoms with Crippen molar-refractivity contribution >= 4 is 44.4 Å². The molecule has 0 radical (unpaired) electrons. The molecule has 0 bridgehead atoms. The fourth-order valence-electron chi connectivity index (χ4n) is 2.49. The van der Waals surface area contributed by atoms with Gasteiger partial charge in [0, 0.05) is 12.2 Å². The van der Waals surface area contributed by atoms with Gasteiger partial charge < -0.3 is 10.3 Å². The Labute approximate surface area is 162 Å². The number of carbonyl (C=O) groups is 1. The highest BCUT2D eigenvalue weighted by Gasteiger charge is 2.13. The van der Waals surface area contributed by atoms with Crippen LogP contribution >= 0.6 is 11.8 Å². The Balaban J connectivity index is 1.58. The number of imidazole rings is 1. The van der Waals surface area contributed by atoms with Crippen LogP contribution in [0.15, 0.2) is 52.5 Å². The van der Waals surface area contributed by atoms with E-state index >= 15 is 0 Å². The average molecular weight is 405 g/mol. The summed E-state index contributed by atoms with van der Waals surface area (Å²) in [4.78, 5) is 19.9. The van der Waals surface area contributed by atoms with Crippen molar-refractivity contribution in [1.82, 2.24) is 14.7 Å². The van der Waals surface area contributed by atoms with E-state index < -0.39 is 10.0 Å². The number of nitrogens with zero attached hydrogens (tertiary/aromatic N) is 1. The van der Waals surface area contributed by atoms with Gasteiger partial charge in [-0.1, -0.05) is 24.8 Å². The lowest BCUT2D eigenvalue weighted by atomic mass is 10.2. The summed E-state index contributed by atoms with van der Waals surface area (Å²) in [5, 5.41) is 3.43. The quantitative estimate of drug-likeness (QED) is 0.525. The number of benzene rings is 2. The van der Waals surface area contributed by atoms with Crippen LogP contribution in [0.5, 0.6) is 0 Å². The lowest BCUT2D eigenvalue weighted by molar-refractivity contribution is -0.113. The van der Waals surface area contributed by atoms with Gasteiger partial charge in [0.1, 0.15) is 0 Å². The Morgan fingerprint density at radius 1 is 1.19 bits per heavy atom. The highest BCUT2D eigenvalue weighted by molar-refractivity contribution is 7.99. The third-order valence-corrected chi connectivity index (χ3v) is 6.17. The number of rotatable bonds is 7. The SMILES string of the molecule is CCNS(=O)(=O)c1ccc(NC(=O)CSc2nc3ccc(C)cc3[nH]2)cc1. The summed E-state index contributed by atoms with van der Waals surface area (Å²) >= 11 is 1.31. The summed E-state index contributed by atoms with van der Waals surface area (Å²) in [6.07, 6.45) is 0. The van der Waals surface area contributed by atoms with E-state index in [0.29, 0.717) is 17.4 Å². The van der Waals surface area contributed by atoms with Gasteiger partial charge in [-0.15, -0.1) is 0 Å². The number of anilines is 1.